The number of allylic oxidation sites excluding steroid dienone is 2. The van der Waals surface area contributed by atoms with Crippen molar-refractivity contribution in [2.75, 3.05) is 20.2 Å². The maximum Gasteiger partial charge on any atom is 0.325 e. The molecule has 3 aromatic rings. The van der Waals surface area contributed by atoms with Gasteiger partial charge in [-0.1, -0.05) is 78.9 Å². The van der Waals surface area contributed by atoms with Crippen LogP contribution in [0.2, 0.25) is 0 Å². The highest BCUT2D eigenvalue weighted by molar-refractivity contribution is 5.97. The highest BCUT2D eigenvalue weighted by Crippen LogP contribution is 2.38. The van der Waals surface area contributed by atoms with Crippen LogP contribution in [-0.2, 0) is 14.3 Å². The summed E-state index contributed by atoms with van der Waals surface area (Å²) in [6.07, 6.45) is 7.05. The first-order valence-electron chi connectivity index (χ1n) is 13.1. The van der Waals surface area contributed by atoms with E-state index in [0.717, 1.165) is 17.7 Å². The number of hydrogen-bond donors (Lipinski definition) is 2. The number of carbonyl (C=O) groups is 2. The summed E-state index contributed by atoms with van der Waals surface area (Å²) in [5.41, 5.74) is 2.95. The standard InChI is InChI=1S/C32H36N2O4/c1-4-10-24(32(36)34-21-31(35)37-3)17-18-25-19-26(38-30-16-8-7-14-29(25)30)20-33-22(2)27-15-9-12-23-11-5-6-13-28(23)27/h4-17,22,25-26,33H,18-21H2,1-3H3,(H,34,36)/b10-4-,24-17+/t22-,25-,26-/m1/s1. The molecule has 38 heavy (non-hydrogen) atoms. The van der Waals surface area contributed by atoms with Crippen molar-refractivity contribution in [3.05, 3.63) is 102 Å². The second-order valence-corrected chi connectivity index (χ2v) is 9.56. The molecule has 1 heterocycles. The summed E-state index contributed by atoms with van der Waals surface area (Å²) in [7, 11) is 1.30. The van der Waals surface area contributed by atoms with E-state index in [4.69, 9.17) is 4.74 Å². The van der Waals surface area contributed by atoms with Gasteiger partial charge in [0, 0.05) is 18.2 Å². The Kier molecular flexibility index (Phi) is 9.33. The average molecular weight is 513 g/mol. The molecule has 1 aliphatic heterocycles. The number of rotatable bonds is 10. The second-order valence-electron chi connectivity index (χ2n) is 9.56. The van der Waals surface area contributed by atoms with Crippen LogP contribution in [0.15, 0.2) is 90.5 Å². The van der Waals surface area contributed by atoms with Crippen molar-refractivity contribution >= 4 is 22.6 Å². The van der Waals surface area contributed by atoms with E-state index in [-0.39, 0.29) is 30.5 Å². The Bertz CT molecular complexity index is 1320. The molecule has 198 valence electrons. The zero-order valence-electron chi connectivity index (χ0n) is 22.3. The summed E-state index contributed by atoms with van der Waals surface area (Å²) in [6, 6.07) is 23.2. The molecule has 3 aromatic carbocycles. The van der Waals surface area contributed by atoms with E-state index in [2.05, 4.69) is 70.8 Å². The van der Waals surface area contributed by atoms with Crippen molar-refractivity contribution in [3.8, 4) is 5.75 Å². The fraction of sp³-hybridized carbons (Fsp3) is 0.312. The average Bonchev–Trinajstić information content (AvgIpc) is 2.96. The number of amides is 1. The van der Waals surface area contributed by atoms with E-state index in [9.17, 15) is 9.59 Å². The summed E-state index contributed by atoms with van der Waals surface area (Å²) in [4.78, 5) is 24.1. The number of esters is 1. The Balaban J connectivity index is 1.46. The van der Waals surface area contributed by atoms with Gasteiger partial charge < -0.3 is 20.1 Å². The third-order valence-electron chi connectivity index (χ3n) is 6.99. The van der Waals surface area contributed by atoms with Crippen molar-refractivity contribution in [2.45, 2.75) is 44.8 Å². The third kappa shape index (κ3) is 6.69. The van der Waals surface area contributed by atoms with Crippen LogP contribution < -0.4 is 15.4 Å². The van der Waals surface area contributed by atoms with Gasteiger partial charge in [0.15, 0.2) is 0 Å². The van der Waals surface area contributed by atoms with Crippen molar-refractivity contribution < 1.29 is 19.1 Å². The highest BCUT2D eigenvalue weighted by Gasteiger charge is 2.28. The lowest BCUT2D eigenvalue weighted by Gasteiger charge is -2.33. The second kappa shape index (κ2) is 13.1. The molecule has 6 heteroatoms. The molecule has 3 atom stereocenters. The predicted octanol–water partition coefficient (Wildman–Crippen LogP) is 5.61. The number of benzene rings is 3. The molecule has 0 bridgehead atoms. The number of ether oxygens (including phenoxy) is 2. The molecule has 0 aliphatic carbocycles. The Morgan fingerprint density at radius 1 is 1.08 bits per heavy atom. The van der Waals surface area contributed by atoms with Crippen LogP contribution in [0, 0.1) is 0 Å². The summed E-state index contributed by atoms with van der Waals surface area (Å²) in [6.45, 7) is 4.60. The summed E-state index contributed by atoms with van der Waals surface area (Å²) < 4.78 is 11.0. The van der Waals surface area contributed by atoms with Gasteiger partial charge in [0.25, 0.3) is 5.91 Å². The zero-order valence-corrected chi connectivity index (χ0v) is 22.3. The predicted molar refractivity (Wildman–Crippen MR) is 151 cm³/mol. The van der Waals surface area contributed by atoms with Crippen LogP contribution in [0.5, 0.6) is 5.75 Å². The van der Waals surface area contributed by atoms with Gasteiger partial charge in [-0.25, -0.2) is 0 Å². The van der Waals surface area contributed by atoms with Gasteiger partial charge in [0.1, 0.15) is 18.4 Å². The van der Waals surface area contributed by atoms with Crippen LogP contribution >= 0.6 is 0 Å². The molecule has 2 N–H and O–H groups in total. The summed E-state index contributed by atoms with van der Waals surface area (Å²) in [5, 5.41) is 8.81. The van der Waals surface area contributed by atoms with Gasteiger partial charge in [0.2, 0.25) is 0 Å². The topological polar surface area (TPSA) is 76.7 Å². The molecule has 4 rings (SSSR count). The third-order valence-corrected chi connectivity index (χ3v) is 6.99. The van der Waals surface area contributed by atoms with Crippen LogP contribution in [0.25, 0.3) is 10.8 Å². The molecule has 0 radical (unpaired) electrons. The van der Waals surface area contributed by atoms with Gasteiger partial charge in [-0.15, -0.1) is 0 Å². The molecule has 0 fully saturated rings. The van der Waals surface area contributed by atoms with E-state index >= 15 is 0 Å². The van der Waals surface area contributed by atoms with Crippen LogP contribution in [0.3, 0.4) is 0 Å². The fourth-order valence-corrected chi connectivity index (χ4v) is 5.00. The first-order valence-corrected chi connectivity index (χ1v) is 13.1. The smallest absolute Gasteiger partial charge is 0.325 e. The molecular weight excluding hydrogens is 476 g/mol. The van der Waals surface area contributed by atoms with Crippen molar-refractivity contribution in [1.82, 2.24) is 10.6 Å². The minimum absolute atomic E-state index is 0.000885. The lowest BCUT2D eigenvalue weighted by Crippen LogP contribution is -2.36. The number of para-hydroxylation sites is 1. The molecule has 0 spiro atoms. The minimum Gasteiger partial charge on any atom is -0.489 e. The van der Waals surface area contributed by atoms with Gasteiger partial charge >= 0.3 is 5.97 Å². The molecule has 6 nitrogen and oxygen atoms in total. The maximum atomic E-state index is 12.7. The van der Waals surface area contributed by atoms with E-state index < -0.39 is 5.97 Å². The minimum atomic E-state index is -0.482. The Labute approximate surface area is 224 Å². The largest absolute Gasteiger partial charge is 0.489 e. The maximum absolute atomic E-state index is 12.7. The number of hydrogen-bond acceptors (Lipinski definition) is 5. The van der Waals surface area contributed by atoms with Crippen molar-refractivity contribution in [1.29, 1.82) is 0 Å². The first-order chi connectivity index (χ1) is 18.5. The van der Waals surface area contributed by atoms with Crippen molar-refractivity contribution in [2.24, 2.45) is 0 Å². The van der Waals surface area contributed by atoms with Gasteiger partial charge in [-0.05, 0) is 60.6 Å². The van der Waals surface area contributed by atoms with Crippen LogP contribution in [-0.4, -0.2) is 38.2 Å². The molecule has 1 aliphatic rings. The fourth-order valence-electron chi connectivity index (χ4n) is 5.00. The summed E-state index contributed by atoms with van der Waals surface area (Å²) in [5.74, 6) is 0.318. The SMILES string of the molecule is C/C=C\C(=C/C[C@@H]1C[C@H](CN[C@H](C)c2cccc3ccccc23)Oc2ccccc21)C(=O)NCC(=O)OC. The monoisotopic (exact) mass is 512 g/mol. The van der Waals surface area contributed by atoms with Crippen LogP contribution in [0.1, 0.15) is 49.8 Å². The van der Waals surface area contributed by atoms with Crippen LogP contribution in [0.4, 0.5) is 0 Å². The Morgan fingerprint density at radius 3 is 2.66 bits per heavy atom. The van der Waals surface area contributed by atoms with Gasteiger partial charge in [-0.2, -0.15) is 0 Å². The lowest BCUT2D eigenvalue weighted by atomic mass is 9.86. The lowest BCUT2D eigenvalue weighted by molar-refractivity contribution is -0.140. The van der Waals surface area contributed by atoms with E-state index in [1.807, 2.05) is 37.3 Å². The Morgan fingerprint density at radius 2 is 1.84 bits per heavy atom. The van der Waals surface area contributed by atoms with Gasteiger partial charge in [0.05, 0.1) is 7.11 Å². The number of nitrogens with one attached hydrogen (secondary N) is 2. The normalized spacial score (nSPS) is 18.0. The van der Waals surface area contributed by atoms with E-state index in [1.165, 1.54) is 23.4 Å². The molecule has 1 amide bonds. The van der Waals surface area contributed by atoms with E-state index in [0.29, 0.717) is 18.5 Å². The highest BCUT2D eigenvalue weighted by atomic mass is 16.5. The molecule has 0 aromatic heterocycles. The van der Waals surface area contributed by atoms with E-state index in [1.54, 1.807) is 6.08 Å². The molecule has 0 unspecified atom stereocenters. The molecule has 0 saturated carbocycles. The number of methoxy groups -OCH3 is 1. The zero-order chi connectivity index (χ0) is 26.9. The summed E-state index contributed by atoms with van der Waals surface area (Å²) >= 11 is 0. The molecule has 0 saturated heterocycles. The number of carbonyl (C=O) groups excluding carboxylic acids is 2. The van der Waals surface area contributed by atoms with Crippen molar-refractivity contribution in [3.63, 3.8) is 0 Å². The first kappa shape index (κ1) is 27.1. The van der Waals surface area contributed by atoms with Gasteiger partial charge in [-0.3, -0.25) is 9.59 Å². The Hall–Kier alpha value is -3.90. The number of fused-ring (bicyclic) bond motifs is 2. The quantitative estimate of drug-likeness (QED) is 0.210. The molecular formula is C32H36N2O4.